The molecule has 0 saturated carbocycles. The summed E-state index contributed by atoms with van der Waals surface area (Å²) < 4.78 is 5.04. The summed E-state index contributed by atoms with van der Waals surface area (Å²) in [6.07, 6.45) is 1.86. The number of hydrogen-bond acceptors (Lipinski definition) is 4. The number of amides is 1. The van der Waals surface area contributed by atoms with E-state index in [0.29, 0.717) is 24.6 Å². The summed E-state index contributed by atoms with van der Waals surface area (Å²) >= 11 is 0. The van der Waals surface area contributed by atoms with Gasteiger partial charge in [-0.05, 0) is 6.42 Å². The molecule has 0 unspecified atom stereocenters. The van der Waals surface area contributed by atoms with Gasteiger partial charge in [0, 0.05) is 25.3 Å². The lowest BCUT2D eigenvalue weighted by atomic mass is 10.2. The molecule has 1 N–H and O–H groups in total. The first-order chi connectivity index (χ1) is 7.63. The first kappa shape index (κ1) is 12.7. The third-order valence-electron chi connectivity index (χ3n) is 2.14. The van der Waals surface area contributed by atoms with Crippen LogP contribution in [0.4, 0.5) is 0 Å². The summed E-state index contributed by atoms with van der Waals surface area (Å²) in [6, 6.07) is 0. The van der Waals surface area contributed by atoms with Gasteiger partial charge in [-0.25, -0.2) is 0 Å². The smallest absolute Gasteiger partial charge is 0.227 e. The van der Waals surface area contributed by atoms with Crippen molar-refractivity contribution in [3.63, 3.8) is 0 Å². The molecule has 0 aromatic carbocycles. The van der Waals surface area contributed by atoms with E-state index in [4.69, 9.17) is 4.52 Å². The number of nitrogens with one attached hydrogen (secondary N) is 1. The maximum atomic E-state index is 11.3. The number of hydrogen-bond donors (Lipinski definition) is 1. The molecule has 1 rings (SSSR count). The lowest BCUT2D eigenvalue weighted by molar-refractivity contribution is -0.121. The summed E-state index contributed by atoms with van der Waals surface area (Å²) in [4.78, 5) is 15.5. The van der Waals surface area contributed by atoms with Crippen LogP contribution in [0.1, 0.15) is 51.2 Å². The highest BCUT2D eigenvalue weighted by Gasteiger charge is 2.10. The second-order valence-electron chi connectivity index (χ2n) is 4.05. The van der Waals surface area contributed by atoms with Crippen molar-refractivity contribution >= 4 is 5.91 Å². The zero-order valence-electron chi connectivity index (χ0n) is 10.1. The van der Waals surface area contributed by atoms with Gasteiger partial charge in [0.25, 0.3) is 0 Å². The second kappa shape index (κ2) is 6.25. The van der Waals surface area contributed by atoms with E-state index in [-0.39, 0.29) is 11.8 Å². The Labute approximate surface area is 95.6 Å². The molecule has 0 aliphatic rings. The zero-order valence-corrected chi connectivity index (χ0v) is 10.1. The van der Waals surface area contributed by atoms with Crippen molar-refractivity contribution in [1.29, 1.82) is 0 Å². The van der Waals surface area contributed by atoms with E-state index in [1.165, 1.54) is 0 Å². The number of aryl methyl sites for hydroxylation is 1. The minimum atomic E-state index is 0.0335. The number of aromatic nitrogens is 2. The average Bonchev–Trinajstić information content (AvgIpc) is 2.72. The lowest BCUT2D eigenvalue weighted by Crippen LogP contribution is -2.24. The van der Waals surface area contributed by atoms with E-state index in [2.05, 4.69) is 15.5 Å². The normalized spacial score (nSPS) is 10.8. The standard InChI is InChI=1S/C11H19N3O2/c1-4-7-12-9(15)5-6-10-13-11(8(2)3)14-16-10/h8H,4-7H2,1-3H3,(H,12,15). The van der Waals surface area contributed by atoms with E-state index in [9.17, 15) is 4.79 Å². The van der Waals surface area contributed by atoms with Crippen LogP contribution in [-0.2, 0) is 11.2 Å². The number of carbonyl (C=O) groups is 1. The Morgan fingerprint density at radius 2 is 2.25 bits per heavy atom. The van der Waals surface area contributed by atoms with E-state index in [1.807, 2.05) is 20.8 Å². The van der Waals surface area contributed by atoms with Gasteiger partial charge >= 0.3 is 0 Å². The Balaban J connectivity index is 2.33. The van der Waals surface area contributed by atoms with Crippen LogP contribution in [0.25, 0.3) is 0 Å². The number of carbonyl (C=O) groups excluding carboxylic acids is 1. The van der Waals surface area contributed by atoms with Crippen LogP contribution >= 0.6 is 0 Å². The third-order valence-corrected chi connectivity index (χ3v) is 2.14. The summed E-state index contributed by atoms with van der Waals surface area (Å²) in [5, 5.41) is 6.64. The average molecular weight is 225 g/mol. The topological polar surface area (TPSA) is 68.0 Å². The van der Waals surface area contributed by atoms with Gasteiger partial charge in [-0.2, -0.15) is 4.98 Å². The van der Waals surface area contributed by atoms with Gasteiger partial charge in [0.05, 0.1) is 0 Å². The van der Waals surface area contributed by atoms with Gasteiger partial charge in [0.2, 0.25) is 11.8 Å². The molecule has 1 heterocycles. The van der Waals surface area contributed by atoms with Crippen molar-refractivity contribution in [3.8, 4) is 0 Å². The minimum absolute atomic E-state index is 0.0335. The summed E-state index contributed by atoms with van der Waals surface area (Å²) in [5.74, 6) is 1.52. The molecular formula is C11H19N3O2. The fraction of sp³-hybridized carbons (Fsp3) is 0.727. The number of rotatable bonds is 6. The SMILES string of the molecule is CCCNC(=O)CCc1nc(C(C)C)no1. The Hall–Kier alpha value is -1.39. The van der Waals surface area contributed by atoms with Gasteiger partial charge in [-0.3, -0.25) is 4.79 Å². The molecule has 0 radical (unpaired) electrons. The van der Waals surface area contributed by atoms with Crippen LogP contribution in [0.5, 0.6) is 0 Å². The van der Waals surface area contributed by atoms with Crippen molar-refractivity contribution in [2.75, 3.05) is 6.54 Å². The molecule has 1 amide bonds. The lowest BCUT2D eigenvalue weighted by Gasteiger charge is -2.00. The Kier molecular flexibility index (Phi) is 4.95. The number of nitrogens with zero attached hydrogens (tertiary/aromatic N) is 2. The largest absolute Gasteiger partial charge is 0.356 e. The minimum Gasteiger partial charge on any atom is -0.356 e. The fourth-order valence-corrected chi connectivity index (χ4v) is 1.18. The summed E-state index contributed by atoms with van der Waals surface area (Å²) in [7, 11) is 0. The van der Waals surface area contributed by atoms with Gasteiger partial charge in [-0.1, -0.05) is 25.9 Å². The fourth-order valence-electron chi connectivity index (χ4n) is 1.18. The molecule has 16 heavy (non-hydrogen) atoms. The van der Waals surface area contributed by atoms with Gasteiger partial charge < -0.3 is 9.84 Å². The summed E-state index contributed by atoms with van der Waals surface area (Å²) in [5.41, 5.74) is 0. The zero-order chi connectivity index (χ0) is 12.0. The van der Waals surface area contributed by atoms with E-state index in [1.54, 1.807) is 0 Å². The molecule has 90 valence electrons. The van der Waals surface area contributed by atoms with Crippen LogP contribution in [-0.4, -0.2) is 22.6 Å². The van der Waals surface area contributed by atoms with Gasteiger partial charge in [-0.15, -0.1) is 0 Å². The van der Waals surface area contributed by atoms with Crippen molar-refractivity contribution in [2.24, 2.45) is 0 Å². The molecule has 0 aliphatic heterocycles. The first-order valence-electron chi connectivity index (χ1n) is 5.72. The molecule has 0 atom stereocenters. The van der Waals surface area contributed by atoms with E-state index in [0.717, 1.165) is 13.0 Å². The van der Waals surface area contributed by atoms with Crippen LogP contribution in [0.3, 0.4) is 0 Å². The van der Waals surface area contributed by atoms with Crippen LogP contribution < -0.4 is 5.32 Å². The third kappa shape index (κ3) is 4.00. The molecule has 0 saturated heterocycles. The predicted molar refractivity (Wildman–Crippen MR) is 60.0 cm³/mol. The van der Waals surface area contributed by atoms with E-state index >= 15 is 0 Å². The molecule has 0 spiro atoms. The maximum absolute atomic E-state index is 11.3. The van der Waals surface area contributed by atoms with Crippen molar-refractivity contribution < 1.29 is 9.32 Å². The Bertz CT molecular complexity index is 334. The molecule has 0 fully saturated rings. The van der Waals surface area contributed by atoms with E-state index < -0.39 is 0 Å². The monoisotopic (exact) mass is 225 g/mol. The van der Waals surface area contributed by atoms with Crippen LogP contribution in [0.2, 0.25) is 0 Å². The first-order valence-corrected chi connectivity index (χ1v) is 5.72. The molecular weight excluding hydrogens is 206 g/mol. The quantitative estimate of drug-likeness (QED) is 0.799. The second-order valence-corrected chi connectivity index (χ2v) is 4.05. The van der Waals surface area contributed by atoms with Crippen molar-refractivity contribution in [2.45, 2.75) is 46.0 Å². The molecule has 5 heteroatoms. The highest BCUT2D eigenvalue weighted by atomic mass is 16.5. The molecule has 0 bridgehead atoms. The van der Waals surface area contributed by atoms with Crippen LogP contribution in [0.15, 0.2) is 4.52 Å². The van der Waals surface area contributed by atoms with Gasteiger partial charge in [0.15, 0.2) is 5.82 Å². The molecule has 1 aromatic heterocycles. The summed E-state index contributed by atoms with van der Waals surface area (Å²) in [6.45, 7) is 6.75. The Morgan fingerprint density at radius 3 is 2.81 bits per heavy atom. The Morgan fingerprint density at radius 1 is 1.50 bits per heavy atom. The molecule has 0 aliphatic carbocycles. The highest BCUT2D eigenvalue weighted by Crippen LogP contribution is 2.10. The maximum Gasteiger partial charge on any atom is 0.227 e. The van der Waals surface area contributed by atoms with Gasteiger partial charge in [0.1, 0.15) is 0 Å². The molecule has 5 nitrogen and oxygen atoms in total. The predicted octanol–water partition coefficient (Wildman–Crippen LogP) is 1.65. The van der Waals surface area contributed by atoms with Crippen molar-refractivity contribution in [1.82, 2.24) is 15.5 Å². The highest BCUT2D eigenvalue weighted by molar-refractivity contribution is 5.75. The van der Waals surface area contributed by atoms with Crippen LogP contribution in [0, 0.1) is 0 Å². The molecule has 1 aromatic rings. The van der Waals surface area contributed by atoms with Crippen molar-refractivity contribution in [3.05, 3.63) is 11.7 Å².